The molecule has 0 aliphatic carbocycles. The third-order valence-corrected chi connectivity index (χ3v) is 5.98. The Morgan fingerprint density at radius 1 is 1.00 bits per heavy atom. The maximum Gasteiger partial charge on any atom is 0.416 e. The van der Waals surface area contributed by atoms with Crippen LogP contribution in [0.3, 0.4) is 0 Å². The zero-order valence-corrected chi connectivity index (χ0v) is 16.6. The smallest absolute Gasteiger partial charge is 0.336 e. The Balaban J connectivity index is 1.58. The number of rotatable bonds is 4. The summed E-state index contributed by atoms with van der Waals surface area (Å²) in [6, 6.07) is 11.1. The molecule has 1 aliphatic rings. The van der Waals surface area contributed by atoms with Gasteiger partial charge in [-0.1, -0.05) is 18.2 Å². The van der Waals surface area contributed by atoms with E-state index in [0.29, 0.717) is 43.9 Å². The van der Waals surface area contributed by atoms with E-state index in [4.69, 9.17) is 0 Å². The quantitative estimate of drug-likeness (QED) is 0.754. The molecule has 9 heteroatoms. The summed E-state index contributed by atoms with van der Waals surface area (Å²) in [5, 5.41) is 0. The van der Waals surface area contributed by atoms with Crippen molar-refractivity contribution >= 4 is 15.7 Å². The van der Waals surface area contributed by atoms with E-state index in [0.717, 1.165) is 18.4 Å². The second-order valence-electron chi connectivity index (χ2n) is 7.06. The summed E-state index contributed by atoms with van der Waals surface area (Å²) in [5.41, 5.74) is 0.320. The highest BCUT2D eigenvalue weighted by Gasteiger charge is 2.30. The third kappa shape index (κ3) is 5.36. The van der Waals surface area contributed by atoms with Gasteiger partial charge in [0.1, 0.15) is 0 Å². The van der Waals surface area contributed by atoms with E-state index in [1.165, 1.54) is 30.3 Å². The Labute approximate surface area is 167 Å². The standard InChI is InChI=1S/C20H21F3N2O3S/c1-29(27,28)18-7-5-16(6-8-18)19(26)25-11-9-24(10-12-25)14-15-3-2-4-17(13-15)20(21,22)23/h2-8,13H,9-12,14H2,1H3. The van der Waals surface area contributed by atoms with Crippen LogP contribution in [0.2, 0.25) is 0 Å². The lowest BCUT2D eigenvalue weighted by molar-refractivity contribution is -0.137. The van der Waals surface area contributed by atoms with Crippen LogP contribution in [0.1, 0.15) is 21.5 Å². The zero-order chi connectivity index (χ0) is 21.2. The predicted molar refractivity (Wildman–Crippen MR) is 102 cm³/mol. The number of hydrogen-bond donors (Lipinski definition) is 0. The number of carbonyl (C=O) groups excluding carboxylic acids is 1. The van der Waals surface area contributed by atoms with Crippen molar-refractivity contribution in [2.45, 2.75) is 17.6 Å². The summed E-state index contributed by atoms with van der Waals surface area (Å²) < 4.78 is 61.6. The number of benzene rings is 2. The van der Waals surface area contributed by atoms with Crippen LogP contribution < -0.4 is 0 Å². The average molecular weight is 426 g/mol. The Bertz CT molecular complexity index is 981. The van der Waals surface area contributed by atoms with Gasteiger partial charge in [-0.25, -0.2) is 8.42 Å². The van der Waals surface area contributed by atoms with Crippen molar-refractivity contribution in [3.05, 3.63) is 65.2 Å². The molecule has 0 spiro atoms. The van der Waals surface area contributed by atoms with Crippen LogP contribution in [-0.4, -0.2) is 56.6 Å². The van der Waals surface area contributed by atoms with Crippen LogP contribution >= 0.6 is 0 Å². The van der Waals surface area contributed by atoms with Crippen molar-refractivity contribution in [2.75, 3.05) is 32.4 Å². The van der Waals surface area contributed by atoms with Gasteiger partial charge in [0.05, 0.1) is 10.5 Å². The Hall–Kier alpha value is -2.39. The van der Waals surface area contributed by atoms with Crippen molar-refractivity contribution < 1.29 is 26.4 Å². The molecule has 0 radical (unpaired) electrons. The molecule has 5 nitrogen and oxygen atoms in total. The minimum Gasteiger partial charge on any atom is -0.336 e. The van der Waals surface area contributed by atoms with Gasteiger partial charge in [-0.3, -0.25) is 9.69 Å². The second kappa shape index (κ2) is 8.16. The summed E-state index contributed by atoms with van der Waals surface area (Å²) in [4.78, 5) is 16.4. The molecule has 1 fully saturated rings. The molecule has 3 rings (SSSR count). The fraction of sp³-hybridized carbons (Fsp3) is 0.350. The van der Waals surface area contributed by atoms with E-state index < -0.39 is 21.6 Å². The molecule has 0 aromatic heterocycles. The van der Waals surface area contributed by atoms with Crippen LogP contribution in [0.4, 0.5) is 13.2 Å². The van der Waals surface area contributed by atoms with E-state index >= 15 is 0 Å². The Morgan fingerprint density at radius 2 is 1.62 bits per heavy atom. The molecule has 0 atom stereocenters. The summed E-state index contributed by atoms with van der Waals surface area (Å²) >= 11 is 0. The van der Waals surface area contributed by atoms with Crippen LogP contribution in [0.5, 0.6) is 0 Å². The van der Waals surface area contributed by atoms with Gasteiger partial charge in [-0.05, 0) is 35.9 Å². The minimum atomic E-state index is -4.37. The van der Waals surface area contributed by atoms with Crippen molar-refractivity contribution in [3.63, 3.8) is 0 Å². The molecule has 2 aromatic rings. The normalized spacial score (nSPS) is 16.1. The number of sulfone groups is 1. The van der Waals surface area contributed by atoms with E-state index in [1.54, 1.807) is 11.0 Å². The topological polar surface area (TPSA) is 57.7 Å². The van der Waals surface area contributed by atoms with Gasteiger partial charge in [0, 0.05) is 44.5 Å². The first-order valence-electron chi connectivity index (χ1n) is 9.02. The molecule has 0 unspecified atom stereocenters. The van der Waals surface area contributed by atoms with Crippen LogP contribution in [0.25, 0.3) is 0 Å². The van der Waals surface area contributed by atoms with Gasteiger partial charge < -0.3 is 4.90 Å². The zero-order valence-electron chi connectivity index (χ0n) is 15.8. The van der Waals surface area contributed by atoms with Crippen molar-refractivity contribution in [2.24, 2.45) is 0 Å². The van der Waals surface area contributed by atoms with Gasteiger partial charge in [-0.2, -0.15) is 13.2 Å². The van der Waals surface area contributed by atoms with Gasteiger partial charge in [-0.15, -0.1) is 0 Å². The molecular formula is C20H21F3N2O3S. The average Bonchev–Trinajstić information content (AvgIpc) is 2.67. The lowest BCUT2D eigenvalue weighted by Gasteiger charge is -2.35. The largest absolute Gasteiger partial charge is 0.416 e. The molecule has 29 heavy (non-hydrogen) atoms. The molecule has 0 bridgehead atoms. The first kappa shape index (κ1) is 21.3. The molecule has 156 valence electrons. The lowest BCUT2D eigenvalue weighted by Crippen LogP contribution is -2.48. The van der Waals surface area contributed by atoms with Crippen molar-refractivity contribution in [1.82, 2.24) is 9.80 Å². The second-order valence-corrected chi connectivity index (χ2v) is 9.08. The number of nitrogens with zero attached hydrogens (tertiary/aromatic N) is 2. The van der Waals surface area contributed by atoms with Crippen LogP contribution in [0.15, 0.2) is 53.4 Å². The number of hydrogen-bond acceptors (Lipinski definition) is 4. The summed E-state index contributed by atoms with van der Waals surface area (Å²) in [7, 11) is -3.32. The SMILES string of the molecule is CS(=O)(=O)c1ccc(C(=O)N2CCN(Cc3cccc(C(F)(F)F)c3)CC2)cc1. The number of alkyl halides is 3. The summed E-state index contributed by atoms with van der Waals surface area (Å²) in [5.74, 6) is -0.191. The maximum atomic E-state index is 12.8. The number of halogens is 3. The fourth-order valence-electron chi connectivity index (χ4n) is 3.24. The Kier molecular flexibility index (Phi) is 6.00. The predicted octanol–water partition coefficient (Wildman–Crippen LogP) is 3.07. The first-order chi connectivity index (χ1) is 13.5. The van der Waals surface area contributed by atoms with Gasteiger partial charge in [0.25, 0.3) is 5.91 Å². The Morgan fingerprint density at radius 3 is 2.17 bits per heavy atom. The summed E-state index contributed by atoms with van der Waals surface area (Å²) in [6.45, 7) is 2.37. The lowest BCUT2D eigenvalue weighted by atomic mass is 10.1. The van der Waals surface area contributed by atoms with E-state index in [1.807, 2.05) is 4.90 Å². The molecule has 0 saturated carbocycles. The van der Waals surface area contributed by atoms with Gasteiger partial charge in [0.2, 0.25) is 0 Å². The van der Waals surface area contributed by atoms with Crippen LogP contribution in [0, 0.1) is 0 Å². The molecular weight excluding hydrogens is 405 g/mol. The van der Waals surface area contributed by atoms with Crippen molar-refractivity contribution in [3.8, 4) is 0 Å². The first-order valence-corrected chi connectivity index (χ1v) is 10.9. The number of piperazine rings is 1. The van der Waals surface area contributed by atoms with Crippen LogP contribution in [-0.2, 0) is 22.6 Å². The highest BCUT2D eigenvalue weighted by molar-refractivity contribution is 7.90. The highest BCUT2D eigenvalue weighted by atomic mass is 32.2. The van der Waals surface area contributed by atoms with Crippen molar-refractivity contribution in [1.29, 1.82) is 0 Å². The summed E-state index contributed by atoms with van der Waals surface area (Å²) in [6.07, 6.45) is -3.26. The minimum absolute atomic E-state index is 0.153. The molecule has 2 aromatic carbocycles. The molecule has 1 saturated heterocycles. The third-order valence-electron chi connectivity index (χ3n) is 4.85. The number of amides is 1. The molecule has 1 aliphatic heterocycles. The molecule has 1 amide bonds. The molecule has 1 heterocycles. The number of carbonyl (C=O) groups is 1. The van der Waals surface area contributed by atoms with Gasteiger partial charge >= 0.3 is 6.18 Å². The van der Waals surface area contributed by atoms with E-state index in [2.05, 4.69) is 0 Å². The monoisotopic (exact) mass is 426 g/mol. The fourth-order valence-corrected chi connectivity index (χ4v) is 3.87. The molecule has 0 N–H and O–H groups in total. The maximum absolute atomic E-state index is 12.8. The highest BCUT2D eigenvalue weighted by Crippen LogP contribution is 2.29. The van der Waals surface area contributed by atoms with Gasteiger partial charge in [0.15, 0.2) is 9.84 Å². The van der Waals surface area contributed by atoms with E-state index in [9.17, 15) is 26.4 Å². The van der Waals surface area contributed by atoms with E-state index in [-0.39, 0.29) is 10.8 Å².